The van der Waals surface area contributed by atoms with Gasteiger partial charge in [0, 0.05) is 6.04 Å². The molecule has 1 fully saturated rings. The normalized spacial score (nSPS) is 21.9. The van der Waals surface area contributed by atoms with Crippen molar-refractivity contribution in [3.05, 3.63) is 35.9 Å². The van der Waals surface area contributed by atoms with Crippen molar-refractivity contribution in [2.24, 2.45) is 5.92 Å². The first kappa shape index (κ1) is 14.4. The van der Waals surface area contributed by atoms with Crippen LogP contribution >= 0.6 is 0 Å². The summed E-state index contributed by atoms with van der Waals surface area (Å²) in [6.45, 7) is 2.05. The standard InChI is InChI=1S/C15H20N2O3/c1-10-9-13(10)17-15(20)16-12(14(18)19)8-7-11-5-3-2-4-6-11/h2-6,10,12-13H,7-9H2,1H3,(H,18,19)(H2,16,17,20)/t10?,12-,13?/m0/s1. The lowest BCUT2D eigenvalue weighted by Crippen LogP contribution is -2.47. The molecule has 1 saturated carbocycles. The number of hydrogen-bond acceptors (Lipinski definition) is 2. The van der Waals surface area contributed by atoms with E-state index in [4.69, 9.17) is 5.11 Å². The molecular weight excluding hydrogens is 256 g/mol. The quantitative estimate of drug-likeness (QED) is 0.741. The molecule has 0 bridgehead atoms. The van der Waals surface area contributed by atoms with Crippen LogP contribution in [0.3, 0.4) is 0 Å². The van der Waals surface area contributed by atoms with Crippen LogP contribution < -0.4 is 10.6 Å². The topological polar surface area (TPSA) is 78.4 Å². The van der Waals surface area contributed by atoms with E-state index in [1.54, 1.807) is 0 Å². The second-order valence-corrected chi connectivity index (χ2v) is 5.35. The number of rotatable bonds is 6. The highest BCUT2D eigenvalue weighted by atomic mass is 16.4. The second-order valence-electron chi connectivity index (χ2n) is 5.35. The molecule has 108 valence electrons. The molecule has 0 saturated heterocycles. The number of carbonyl (C=O) groups excluding carboxylic acids is 1. The Bertz CT molecular complexity index is 475. The van der Waals surface area contributed by atoms with Gasteiger partial charge in [-0.15, -0.1) is 0 Å². The molecule has 2 rings (SSSR count). The lowest BCUT2D eigenvalue weighted by molar-refractivity contribution is -0.139. The third-order valence-electron chi connectivity index (χ3n) is 3.59. The van der Waals surface area contributed by atoms with Crippen molar-refractivity contribution >= 4 is 12.0 Å². The van der Waals surface area contributed by atoms with E-state index < -0.39 is 12.0 Å². The minimum Gasteiger partial charge on any atom is -0.480 e. The van der Waals surface area contributed by atoms with E-state index in [-0.39, 0.29) is 12.1 Å². The molecule has 0 spiro atoms. The molecule has 0 aromatic heterocycles. The van der Waals surface area contributed by atoms with Crippen molar-refractivity contribution < 1.29 is 14.7 Å². The number of aryl methyl sites for hydroxylation is 1. The number of hydrogen-bond donors (Lipinski definition) is 3. The fourth-order valence-electron chi connectivity index (χ4n) is 2.10. The van der Waals surface area contributed by atoms with E-state index in [9.17, 15) is 9.59 Å². The highest BCUT2D eigenvalue weighted by Gasteiger charge is 2.34. The van der Waals surface area contributed by atoms with E-state index in [0.29, 0.717) is 18.8 Å². The minimum atomic E-state index is -1.00. The Morgan fingerprint density at radius 3 is 2.55 bits per heavy atom. The third kappa shape index (κ3) is 4.26. The Kier molecular flexibility index (Phi) is 4.61. The van der Waals surface area contributed by atoms with Crippen LogP contribution in [-0.2, 0) is 11.2 Å². The van der Waals surface area contributed by atoms with Crippen LogP contribution in [0.5, 0.6) is 0 Å². The first-order valence-electron chi connectivity index (χ1n) is 6.90. The van der Waals surface area contributed by atoms with Crippen molar-refractivity contribution in [1.82, 2.24) is 10.6 Å². The molecule has 2 amide bonds. The largest absolute Gasteiger partial charge is 0.480 e. The predicted molar refractivity (Wildman–Crippen MR) is 75.4 cm³/mol. The number of urea groups is 1. The Balaban J connectivity index is 1.81. The molecule has 1 aromatic rings. The number of nitrogens with one attached hydrogen (secondary N) is 2. The van der Waals surface area contributed by atoms with Crippen molar-refractivity contribution in [1.29, 1.82) is 0 Å². The van der Waals surface area contributed by atoms with Gasteiger partial charge in [0.1, 0.15) is 6.04 Å². The van der Waals surface area contributed by atoms with E-state index in [1.807, 2.05) is 30.3 Å². The summed E-state index contributed by atoms with van der Waals surface area (Å²) in [6.07, 6.45) is 1.97. The molecule has 1 aliphatic rings. The summed E-state index contributed by atoms with van der Waals surface area (Å²) < 4.78 is 0. The smallest absolute Gasteiger partial charge is 0.326 e. The number of aliphatic carboxylic acids is 1. The molecule has 0 heterocycles. The van der Waals surface area contributed by atoms with Gasteiger partial charge in [-0.05, 0) is 30.7 Å². The maximum absolute atomic E-state index is 11.7. The summed E-state index contributed by atoms with van der Waals surface area (Å²) in [5.41, 5.74) is 1.07. The first-order chi connectivity index (χ1) is 9.56. The van der Waals surface area contributed by atoms with Crippen molar-refractivity contribution in [2.75, 3.05) is 0 Å². The Morgan fingerprint density at radius 2 is 2.00 bits per heavy atom. The Hall–Kier alpha value is -2.04. The zero-order valence-electron chi connectivity index (χ0n) is 11.5. The molecule has 0 radical (unpaired) electrons. The number of benzene rings is 1. The van der Waals surface area contributed by atoms with E-state index in [2.05, 4.69) is 17.6 Å². The zero-order chi connectivity index (χ0) is 14.5. The molecule has 0 aliphatic heterocycles. The van der Waals surface area contributed by atoms with Gasteiger partial charge in [0.2, 0.25) is 0 Å². The number of amides is 2. The second kappa shape index (κ2) is 6.41. The van der Waals surface area contributed by atoms with Gasteiger partial charge in [-0.2, -0.15) is 0 Å². The van der Waals surface area contributed by atoms with E-state index in [0.717, 1.165) is 12.0 Å². The summed E-state index contributed by atoms with van der Waals surface area (Å²) >= 11 is 0. The minimum absolute atomic E-state index is 0.193. The molecule has 20 heavy (non-hydrogen) atoms. The summed E-state index contributed by atoms with van der Waals surface area (Å²) in [4.78, 5) is 22.9. The van der Waals surface area contributed by atoms with Crippen LogP contribution in [0, 0.1) is 5.92 Å². The molecule has 1 aromatic carbocycles. The van der Waals surface area contributed by atoms with Gasteiger partial charge in [0.15, 0.2) is 0 Å². The van der Waals surface area contributed by atoms with Crippen LogP contribution in [0.2, 0.25) is 0 Å². The number of carboxylic acids is 1. The third-order valence-corrected chi connectivity index (χ3v) is 3.59. The molecular formula is C15H20N2O3. The van der Waals surface area contributed by atoms with E-state index >= 15 is 0 Å². The monoisotopic (exact) mass is 276 g/mol. The summed E-state index contributed by atoms with van der Waals surface area (Å²) in [6, 6.07) is 8.60. The highest BCUT2D eigenvalue weighted by molar-refractivity contribution is 5.82. The molecule has 5 heteroatoms. The average Bonchev–Trinajstić information content (AvgIpc) is 3.10. The summed E-state index contributed by atoms with van der Waals surface area (Å²) in [5, 5.41) is 14.5. The number of carbonyl (C=O) groups is 2. The predicted octanol–water partition coefficient (Wildman–Crippen LogP) is 1.78. The van der Waals surface area contributed by atoms with Gasteiger partial charge < -0.3 is 15.7 Å². The van der Waals surface area contributed by atoms with Crippen LogP contribution in [0.1, 0.15) is 25.3 Å². The van der Waals surface area contributed by atoms with Gasteiger partial charge in [0.05, 0.1) is 0 Å². The highest BCUT2D eigenvalue weighted by Crippen LogP contribution is 2.28. The molecule has 1 aliphatic carbocycles. The average molecular weight is 276 g/mol. The van der Waals surface area contributed by atoms with Gasteiger partial charge >= 0.3 is 12.0 Å². The van der Waals surface area contributed by atoms with Crippen LogP contribution in [0.15, 0.2) is 30.3 Å². The molecule has 2 unspecified atom stereocenters. The first-order valence-corrected chi connectivity index (χ1v) is 6.90. The van der Waals surface area contributed by atoms with Gasteiger partial charge in [-0.1, -0.05) is 37.3 Å². The Labute approximate surface area is 118 Å². The van der Waals surface area contributed by atoms with Crippen LogP contribution in [0.25, 0.3) is 0 Å². The van der Waals surface area contributed by atoms with Crippen molar-refractivity contribution in [3.8, 4) is 0 Å². The zero-order valence-corrected chi connectivity index (χ0v) is 11.5. The van der Waals surface area contributed by atoms with Crippen molar-refractivity contribution in [2.45, 2.75) is 38.3 Å². The number of carboxylic acid groups (broad SMARTS) is 1. The van der Waals surface area contributed by atoms with Gasteiger partial charge in [0.25, 0.3) is 0 Å². The Morgan fingerprint density at radius 1 is 1.35 bits per heavy atom. The summed E-state index contributed by atoms with van der Waals surface area (Å²) in [5.74, 6) is -0.506. The lowest BCUT2D eigenvalue weighted by Gasteiger charge is -2.15. The SMILES string of the molecule is CC1CC1NC(=O)N[C@@H](CCc1ccccc1)C(=O)O. The van der Waals surface area contributed by atoms with Crippen molar-refractivity contribution in [3.63, 3.8) is 0 Å². The maximum atomic E-state index is 11.7. The van der Waals surface area contributed by atoms with E-state index in [1.165, 1.54) is 0 Å². The lowest BCUT2D eigenvalue weighted by atomic mass is 10.1. The van der Waals surface area contributed by atoms with Crippen LogP contribution in [0.4, 0.5) is 4.79 Å². The van der Waals surface area contributed by atoms with Gasteiger partial charge in [-0.3, -0.25) is 0 Å². The molecule has 3 atom stereocenters. The fourth-order valence-corrected chi connectivity index (χ4v) is 2.10. The fraction of sp³-hybridized carbons (Fsp3) is 0.467. The molecule has 5 nitrogen and oxygen atoms in total. The van der Waals surface area contributed by atoms with Crippen LogP contribution in [-0.4, -0.2) is 29.2 Å². The summed E-state index contributed by atoms with van der Waals surface area (Å²) in [7, 11) is 0. The molecule has 3 N–H and O–H groups in total. The van der Waals surface area contributed by atoms with Gasteiger partial charge in [-0.25, -0.2) is 9.59 Å². The maximum Gasteiger partial charge on any atom is 0.326 e.